The second kappa shape index (κ2) is 14.7. The van der Waals surface area contributed by atoms with Crippen LogP contribution in [0.2, 0.25) is 0 Å². The molecule has 0 bridgehead atoms. The maximum absolute atomic E-state index is 12.8. The van der Waals surface area contributed by atoms with E-state index in [1.807, 2.05) is 0 Å². The number of carbonyl (C=O) groups is 6. The molecule has 2 rings (SSSR count). The summed E-state index contributed by atoms with van der Waals surface area (Å²) in [6.45, 7) is -0.609. The van der Waals surface area contributed by atoms with Crippen molar-refractivity contribution < 1.29 is 38.6 Å². The van der Waals surface area contributed by atoms with Crippen molar-refractivity contribution in [1.82, 2.24) is 16.0 Å². The van der Waals surface area contributed by atoms with Gasteiger partial charge in [-0.3, -0.25) is 24.0 Å². The summed E-state index contributed by atoms with van der Waals surface area (Å²) in [5.41, 5.74) is 6.68. The van der Waals surface area contributed by atoms with E-state index in [4.69, 9.17) is 15.6 Å². The van der Waals surface area contributed by atoms with Crippen LogP contribution in [0.1, 0.15) is 44.7 Å². The van der Waals surface area contributed by atoms with Crippen molar-refractivity contribution in [3.05, 3.63) is 64.7 Å². The number of carbonyl (C=O) groups excluding carboxylic acids is 6. The highest BCUT2D eigenvalue weighted by molar-refractivity contribution is 6.05. The third-order valence-corrected chi connectivity index (χ3v) is 5.14. The molecule has 1 unspecified atom stereocenters. The number of nitrogens with one attached hydrogen (secondary N) is 3. The lowest BCUT2D eigenvalue weighted by molar-refractivity contribution is -0.124. The average molecular weight is 513 g/mol. The predicted molar refractivity (Wildman–Crippen MR) is 130 cm³/mol. The van der Waals surface area contributed by atoms with Gasteiger partial charge in [-0.15, -0.1) is 0 Å². The van der Waals surface area contributed by atoms with Gasteiger partial charge >= 0.3 is 0 Å². The molecule has 0 spiro atoms. The minimum atomic E-state index is -1.13. The van der Waals surface area contributed by atoms with E-state index in [0.717, 1.165) is 11.1 Å². The topological polar surface area (TPSA) is 194 Å². The summed E-state index contributed by atoms with van der Waals surface area (Å²) in [5.74, 6) is -2.69. The van der Waals surface area contributed by atoms with Gasteiger partial charge in [0, 0.05) is 25.1 Å². The van der Waals surface area contributed by atoms with E-state index in [1.54, 1.807) is 24.3 Å². The molecule has 37 heavy (non-hydrogen) atoms. The SMILES string of the molecule is NC(=O)C(CCC=O)NC(=O)c1c(C=O)cccc1OCC(=O)NCc1ccc(CNC(=O)CO)cc1. The predicted octanol–water partition coefficient (Wildman–Crippen LogP) is -0.634. The van der Waals surface area contributed by atoms with E-state index in [1.165, 1.54) is 18.2 Å². The van der Waals surface area contributed by atoms with Crippen LogP contribution in [0.5, 0.6) is 5.75 Å². The van der Waals surface area contributed by atoms with Gasteiger partial charge in [-0.05, 0) is 23.6 Å². The average Bonchev–Trinajstić information content (AvgIpc) is 2.91. The van der Waals surface area contributed by atoms with E-state index in [-0.39, 0.29) is 42.8 Å². The van der Waals surface area contributed by atoms with Crippen LogP contribution in [0.15, 0.2) is 42.5 Å². The van der Waals surface area contributed by atoms with Crippen molar-refractivity contribution in [2.24, 2.45) is 5.73 Å². The molecule has 12 nitrogen and oxygen atoms in total. The molecular formula is C25H28N4O8. The molecular weight excluding hydrogens is 484 g/mol. The first-order chi connectivity index (χ1) is 17.8. The fraction of sp³-hybridized carbons (Fsp3) is 0.280. The number of nitrogens with two attached hydrogens (primary N) is 1. The van der Waals surface area contributed by atoms with Crippen LogP contribution in [0.25, 0.3) is 0 Å². The summed E-state index contributed by atoms with van der Waals surface area (Å²) >= 11 is 0. The smallest absolute Gasteiger partial charge is 0.258 e. The number of benzene rings is 2. The van der Waals surface area contributed by atoms with Gasteiger partial charge in [0.1, 0.15) is 24.7 Å². The Labute approximate surface area is 212 Å². The van der Waals surface area contributed by atoms with Gasteiger partial charge in [0.25, 0.3) is 11.8 Å². The molecule has 6 N–H and O–H groups in total. The van der Waals surface area contributed by atoms with Crippen LogP contribution in [0.3, 0.4) is 0 Å². The fourth-order valence-corrected chi connectivity index (χ4v) is 3.19. The van der Waals surface area contributed by atoms with Crippen molar-refractivity contribution in [3.63, 3.8) is 0 Å². The third-order valence-electron chi connectivity index (χ3n) is 5.14. The number of rotatable bonds is 15. The normalized spacial score (nSPS) is 11.1. The van der Waals surface area contributed by atoms with Crippen molar-refractivity contribution in [1.29, 1.82) is 0 Å². The van der Waals surface area contributed by atoms with Crippen LogP contribution in [-0.4, -0.2) is 60.6 Å². The van der Waals surface area contributed by atoms with Gasteiger partial charge < -0.3 is 36.3 Å². The summed E-state index contributed by atoms with van der Waals surface area (Å²) in [4.78, 5) is 70.0. The molecule has 0 aliphatic carbocycles. The molecule has 12 heteroatoms. The van der Waals surface area contributed by atoms with Crippen molar-refractivity contribution >= 4 is 36.2 Å². The molecule has 196 valence electrons. The molecule has 0 heterocycles. The highest BCUT2D eigenvalue weighted by Crippen LogP contribution is 2.22. The Bertz CT molecular complexity index is 1130. The van der Waals surface area contributed by atoms with E-state index in [9.17, 15) is 28.8 Å². The summed E-state index contributed by atoms with van der Waals surface area (Å²) in [7, 11) is 0. The molecule has 2 aromatic rings. The number of amides is 4. The third kappa shape index (κ3) is 9.18. The molecule has 0 aliphatic rings. The lowest BCUT2D eigenvalue weighted by Crippen LogP contribution is -2.44. The first-order valence-electron chi connectivity index (χ1n) is 11.3. The molecule has 1 atom stereocenters. The zero-order valence-corrected chi connectivity index (χ0v) is 19.9. The number of aliphatic hydroxyl groups excluding tert-OH is 1. The van der Waals surface area contributed by atoms with Gasteiger partial charge in [0.15, 0.2) is 12.9 Å². The van der Waals surface area contributed by atoms with Crippen molar-refractivity contribution in [2.45, 2.75) is 32.0 Å². The summed E-state index contributed by atoms with van der Waals surface area (Å²) in [6.07, 6.45) is 1.01. The Balaban J connectivity index is 1.98. The quantitative estimate of drug-likeness (QED) is 0.194. The van der Waals surface area contributed by atoms with Crippen LogP contribution in [0.4, 0.5) is 0 Å². The number of ether oxygens (including phenoxy) is 1. The van der Waals surface area contributed by atoms with E-state index < -0.39 is 42.9 Å². The zero-order valence-electron chi connectivity index (χ0n) is 19.9. The van der Waals surface area contributed by atoms with Crippen LogP contribution in [-0.2, 0) is 32.3 Å². The second-order valence-electron chi connectivity index (χ2n) is 7.83. The lowest BCUT2D eigenvalue weighted by atomic mass is 10.0. The van der Waals surface area contributed by atoms with Crippen LogP contribution >= 0.6 is 0 Å². The lowest BCUT2D eigenvalue weighted by Gasteiger charge is -2.17. The van der Waals surface area contributed by atoms with Gasteiger partial charge in [-0.2, -0.15) is 0 Å². The maximum Gasteiger partial charge on any atom is 0.258 e. The number of hydrogen-bond acceptors (Lipinski definition) is 8. The number of primary amides is 1. The first kappa shape index (κ1) is 28.7. The summed E-state index contributed by atoms with van der Waals surface area (Å²) in [6, 6.07) is 10.2. The summed E-state index contributed by atoms with van der Waals surface area (Å²) < 4.78 is 5.49. The monoisotopic (exact) mass is 512 g/mol. The van der Waals surface area contributed by atoms with Gasteiger partial charge in [-0.25, -0.2) is 0 Å². The molecule has 0 fully saturated rings. The second-order valence-corrected chi connectivity index (χ2v) is 7.83. The van der Waals surface area contributed by atoms with Crippen LogP contribution in [0, 0.1) is 0 Å². The maximum atomic E-state index is 12.8. The Morgan fingerprint density at radius 1 is 0.946 bits per heavy atom. The van der Waals surface area contributed by atoms with E-state index in [0.29, 0.717) is 12.6 Å². The first-order valence-corrected chi connectivity index (χ1v) is 11.3. The molecule has 2 aromatic carbocycles. The standard InChI is InChI=1S/C25H28N4O8/c26-24(35)19(4-2-10-30)29-25(36)23-18(13-31)3-1-5-20(23)37-15-22(34)28-12-17-8-6-16(7-9-17)11-27-21(33)14-32/h1,3,5-10,13,19,32H,2,4,11-12,14-15H2,(H2,26,35)(H,27,33)(H,28,34)(H,29,36). The molecule has 0 radical (unpaired) electrons. The largest absolute Gasteiger partial charge is 0.483 e. The summed E-state index contributed by atoms with van der Waals surface area (Å²) in [5, 5.41) is 16.3. The number of aldehydes is 2. The van der Waals surface area contributed by atoms with Crippen molar-refractivity contribution in [2.75, 3.05) is 13.2 Å². The Kier molecular flexibility index (Phi) is 11.4. The minimum absolute atomic E-state index is 0.00422. The molecule has 0 aliphatic heterocycles. The van der Waals surface area contributed by atoms with Gasteiger partial charge in [-0.1, -0.05) is 36.4 Å². The van der Waals surface area contributed by atoms with Crippen molar-refractivity contribution in [3.8, 4) is 5.75 Å². The Morgan fingerprint density at radius 3 is 2.11 bits per heavy atom. The van der Waals surface area contributed by atoms with Gasteiger partial charge in [0.05, 0.1) is 5.56 Å². The Hall–Kier alpha value is -4.58. The molecule has 4 amide bonds. The molecule has 0 saturated carbocycles. The highest BCUT2D eigenvalue weighted by atomic mass is 16.5. The number of hydrogen-bond donors (Lipinski definition) is 5. The Morgan fingerprint density at radius 2 is 1.57 bits per heavy atom. The van der Waals surface area contributed by atoms with Crippen LogP contribution < -0.4 is 26.4 Å². The van der Waals surface area contributed by atoms with E-state index >= 15 is 0 Å². The molecule has 0 aromatic heterocycles. The van der Waals surface area contributed by atoms with Gasteiger partial charge in [0.2, 0.25) is 11.8 Å². The van der Waals surface area contributed by atoms with E-state index in [2.05, 4.69) is 16.0 Å². The molecule has 0 saturated heterocycles. The number of aliphatic hydroxyl groups is 1. The zero-order chi connectivity index (χ0) is 27.2. The fourth-order valence-electron chi connectivity index (χ4n) is 3.19. The highest BCUT2D eigenvalue weighted by Gasteiger charge is 2.23. The minimum Gasteiger partial charge on any atom is -0.483 e.